The van der Waals surface area contributed by atoms with E-state index in [0.717, 1.165) is 17.8 Å². The zero-order valence-corrected chi connectivity index (χ0v) is 12.3. The topological polar surface area (TPSA) is 57.0 Å². The van der Waals surface area contributed by atoms with Crippen molar-refractivity contribution in [1.29, 1.82) is 0 Å². The SMILES string of the molecule is CCCn1ncc(OC)c1C(=O)c1ccc(C)nc1C. The minimum absolute atomic E-state index is 0.0993. The first-order valence-electron chi connectivity index (χ1n) is 6.67. The van der Waals surface area contributed by atoms with E-state index in [1.54, 1.807) is 18.0 Å². The van der Waals surface area contributed by atoms with Crippen molar-refractivity contribution in [2.24, 2.45) is 0 Å². The molecule has 2 rings (SSSR count). The van der Waals surface area contributed by atoms with E-state index in [0.29, 0.717) is 23.6 Å². The number of carbonyl (C=O) groups is 1. The summed E-state index contributed by atoms with van der Waals surface area (Å²) in [5.41, 5.74) is 2.70. The monoisotopic (exact) mass is 273 g/mol. The Morgan fingerprint density at radius 2 is 2.10 bits per heavy atom. The van der Waals surface area contributed by atoms with Crippen LogP contribution in [-0.4, -0.2) is 27.7 Å². The van der Waals surface area contributed by atoms with E-state index in [1.807, 2.05) is 32.9 Å². The highest BCUT2D eigenvalue weighted by Gasteiger charge is 2.22. The highest BCUT2D eigenvalue weighted by Crippen LogP contribution is 2.22. The Morgan fingerprint density at radius 1 is 1.35 bits per heavy atom. The van der Waals surface area contributed by atoms with Crippen LogP contribution in [0.5, 0.6) is 5.75 Å². The van der Waals surface area contributed by atoms with Crippen LogP contribution < -0.4 is 4.74 Å². The largest absolute Gasteiger partial charge is 0.493 e. The summed E-state index contributed by atoms with van der Waals surface area (Å²) in [4.78, 5) is 17.1. The summed E-state index contributed by atoms with van der Waals surface area (Å²) in [5.74, 6) is 0.404. The van der Waals surface area contributed by atoms with Gasteiger partial charge in [0.25, 0.3) is 0 Å². The lowest BCUT2D eigenvalue weighted by atomic mass is 10.1. The van der Waals surface area contributed by atoms with Gasteiger partial charge in [-0.05, 0) is 32.4 Å². The standard InChI is InChI=1S/C15H19N3O2/c1-5-8-18-14(13(20-4)9-16-18)15(19)12-7-6-10(2)17-11(12)3/h6-7,9H,5,8H2,1-4H3. The van der Waals surface area contributed by atoms with Crippen LogP contribution in [-0.2, 0) is 6.54 Å². The molecule has 0 aliphatic carbocycles. The molecular formula is C15H19N3O2. The number of carbonyl (C=O) groups excluding carboxylic acids is 1. The van der Waals surface area contributed by atoms with E-state index in [4.69, 9.17) is 4.74 Å². The van der Waals surface area contributed by atoms with Crippen LogP contribution in [0.1, 0.15) is 40.8 Å². The normalized spacial score (nSPS) is 10.6. The number of pyridine rings is 1. The van der Waals surface area contributed by atoms with E-state index >= 15 is 0 Å². The van der Waals surface area contributed by atoms with Gasteiger partial charge in [-0.3, -0.25) is 14.5 Å². The second-order valence-electron chi connectivity index (χ2n) is 4.70. The molecule has 0 amide bonds. The van der Waals surface area contributed by atoms with Crippen molar-refractivity contribution in [3.8, 4) is 5.75 Å². The number of aryl methyl sites for hydroxylation is 3. The summed E-state index contributed by atoms with van der Waals surface area (Å²) >= 11 is 0. The number of hydrogen-bond donors (Lipinski definition) is 0. The molecule has 0 radical (unpaired) electrons. The molecule has 0 spiro atoms. The maximum absolute atomic E-state index is 12.7. The molecular weight excluding hydrogens is 254 g/mol. The lowest BCUT2D eigenvalue weighted by Crippen LogP contribution is -2.14. The van der Waals surface area contributed by atoms with Crippen LogP contribution in [0, 0.1) is 13.8 Å². The minimum Gasteiger partial charge on any atom is -0.493 e. The molecule has 5 heteroatoms. The van der Waals surface area contributed by atoms with E-state index in [-0.39, 0.29) is 5.78 Å². The van der Waals surface area contributed by atoms with E-state index < -0.39 is 0 Å². The maximum Gasteiger partial charge on any atom is 0.216 e. The van der Waals surface area contributed by atoms with Crippen molar-refractivity contribution < 1.29 is 9.53 Å². The van der Waals surface area contributed by atoms with Gasteiger partial charge in [0.1, 0.15) is 0 Å². The van der Waals surface area contributed by atoms with Gasteiger partial charge in [-0.25, -0.2) is 0 Å². The molecule has 0 aliphatic heterocycles. The predicted octanol–water partition coefficient (Wildman–Crippen LogP) is 2.54. The highest BCUT2D eigenvalue weighted by molar-refractivity contribution is 6.10. The average molecular weight is 273 g/mol. The van der Waals surface area contributed by atoms with Crippen LogP contribution in [0.3, 0.4) is 0 Å². The number of rotatable bonds is 5. The number of methoxy groups -OCH3 is 1. The minimum atomic E-state index is -0.0993. The van der Waals surface area contributed by atoms with Crippen molar-refractivity contribution in [3.63, 3.8) is 0 Å². The molecule has 0 saturated heterocycles. The Morgan fingerprint density at radius 3 is 2.70 bits per heavy atom. The summed E-state index contributed by atoms with van der Waals surface area (Å²) < 4.78 is 6.95. The van der Waals surface area contributed by atoms with Crippen LogP contribution in [0.4, 0.5) is 0 Å². The molecule has 5 nitrogen and oxygen atoms in total. The number of ketones is 1. The average Bonchev–Trinajstić information content (AvgIpc) is 2.81. The van der Waals surface area contributed by atoms with Gasteiger partial charge in [0.05, 0.1) is 13.3 Å². The molecule has 0 bridgehead atoms. The Bertz CT molecular complexity index is 632. The molecule has 0 aromatic carbocycles. The number of aromatic nitrogens is 3. The van der Waals surface area contributed by atoms with Gasteiger partial charge in [0.15, 0.2) is 11.4 Å². The third-order valence-electron chi connectivity index (χ3n) is 3.15. The smallest absolute Gasteiger partial charge is 0.216 e. The Balaban J connectivity index is 2.49. The second kappa shape index (κ2) is 5.86. The lowest BCUT2D eigenvalue weighted by Gasteiger charge is -2.09. The van der Waals surface area contributed by atoms with Gasteiger partial charge in [0, 0.05) is 23.5 Å². The predicted molar refractivity (Wildman–Crippen MR) is 76.2 cm³/mol. The Labute approximate surface area is 118 Å². The fourth-order valence-electron chi connectivity index (χ4n) is 2.18. The fourth-order valence-corrected chi connectivity index (χ4v) is 2.18. The van der Waals surface area contributed by atoms with Crippen molar-refractivity contribution in [1.82, 2.24) is 14.8 Å². The van der Waals surface area contributed by atoms with Gasteiger partial charge in [-0.1, -0.05) is 6.92 Å². The van der Waals surface area contributed by atoms with Gasteiger partial charge in [-0.2, -0.15) is 5.10 Å². The van der Waals surface area contributed by atoms with Gasteiger partial charge >= 0.3 is 0 Å². The zero-order valence-electron chi connectivity index (χ0n) is 12.3. The van der Waals surface area contributed by atoms with Crippen molar-refractivity contribution in [2.75, 3.05) is 7.11 Å². The molecule has 2 heterocycles. The molecule has 0 saturated carbocycles. The third-order valence-corrected chi connectivity index (χ3v) is 3.15. The molecule has 0 atom stereocenters. The number of hydrogen-bond acceptors (Lipinski definition) is 4. The quantitative estimate of drug-likeness (QED) is 0.786. The van der Waals surface area contributed by atoms with Gasteiger partial charge in [-0.15, -0.1) is 0 Å². The summed E-state index contributed by atoms with van der Waals surface area (Å²) in [6.07, 6.45) is 2.48. The van der Waals surface area contributed by atoms with Crippen LogP contribution >= 0.6 is 0 Å². The summed E-state index contributed by atoms with van der Waals surface area (Å²) in [6, 6.07) is 3.65. The van der Waals surface area contributed by atoms with Crippen molar-refractivity contribution >= 4 is 5.78 Å². The van der Waals surface area contributed by atoms with Gasteiger partial charge in [0.2, 0.25) is 5.78 Å². The first kappa shape index (κ1) is 14.2. The van der Waals surface area contributed by atoms with Crippen LogP contribution in [0.2, 0.25) is 0 Å². The molecule has 0 aliphatic rings. The van der Waals surface area contributed by atoms with Gasteiger partial charge < -0.3 is 4.74 Å². The van der Waals surface area contributed by atoms with Crippen molar-refractivity contribution in [2.45, 2.75) is 33.7 Å². The first-order chi connectivity index (χ1) is 9.58. The second-order valence-corrected chi connectivity index (χ2v) is 4.70. The lowest BCUT2D eigenvalue weighted by molar-refractivity contribution is 0.102. The zero-order chi connectivity index (χ0) is 14.7. The first-order valence-corrected chi connectivity index (χ1v) is 6.67. The molecule has 0 unspecified atom stereocenters. The van der Waals surface area contributed by atoms with Crippen LogP contribution in [0.25, 0.3) is 0 Å². The molecule has 2 aromatic rings. The summed E-state index contributed by atoms with van der Waals surface area (Å²) in [6.45, 7) is 6.47. The summed E-state index contributed by atoms with van der Waals surface area (Å²) in [7, 11) is 1.55. The summed E-state index contributed by atoms with van der Waals surface area (Å²) in [5, 5.41) is 4.22. The number of ether oxygens (including phenoxy) is 1. The maximum atomic E-state index is 12.7. The molecule has 2 aromatic heterocycles. The Kier molecular flexibility index (Phi) is 4.17. The highest BCUT2D eigenvalue weighted by atomic mass is 16.5. The van der Waals surface area contributed by atoms with E-state index in [2.05, 4.69) is 10.1 Å². The van der Waals surface area contributed by atoms with Crippen molar-refractivity contribution in [3.05, 3.63) is 41.0 Å². The molecule has 106 valence electrons. The molecule has 20 heavy (non-hydrogen) atoms. The fraction of sp³-hybridized carbons (Fsp3) is 0.400. The van der Waals surface area contributed by atoms with Crippen LogP contribution in [0.15, 0.2) is 18.3 Å². The third kappa shape index (κ3) is 2.57. The van der Waals surface area contributed by atoms with E-state index in [1.165, 1.54) is 0 Å². The van der Waals surface area contributed by atoms with E-state index in [9.17, 15) is 4.79 Å². The Hall–Kier alpha value is -2.17. The molecule has 0 N–H and O–H groups in total. The molecule has 0 fully saturated rings. The number of nitrogens with zero attached hydrogens (tertiary/aromatic N) is 3.